The standard InChI is InChI=1S/C18H32N2O4/c1-8-9-18(19-14(21)23-16(2,3)4)10-12-20(13-11-18)15(22)24-17(5,6)7/h8H,1,9-13H2,2-7H3,(H,19,21). The highest BCUT2D eigenvalue weighted by atomic mass is 16.6. The summed E-state index contributed by atoms with van der Waals surface area (Å²) in [5, 5.41) is 2.99. The summed E-state index contributed by atoms with van der Waals surface area (Å²) in [7, 11) is 0. The Bertz CT molecular complexity index is 466. The lowest BCUT2D eigenvalue weighted by atomic mass is 9.84. The van der Waals surface area contributed by atoms with Gasteiger partial charge in [0.05, 0.1) is 5.54 Å². The molecule has 0 saturated carbocycles. The van der Waals surface area contributed by atoms with Crippen molar-refractivity contribution in [2.45, 2.75) is 77.5 Å². The van der Waals surface area contributed by atoms with E-state index in [4.69, 9.17) is 9.47 Å². The highest BCUT2D eigenvalue weighted by molar-refractivity contribution is 5.70. The van der Waals surface area contributed by atoms with Gasteiger partial charge in [-0.05, 0) is 60.8 Å². The lowest BCUT2D eigenvalue weighted by Crippen LogP contribution is -2.57. The number of nitrogens with zero attached hydrogens (tertiary/aromatic N) is 1. The molecule has 0 atom stereocenters. The van der Waals surface area contributed by atoms with Crippen LogP contribution >= 0.6 is 0 Å². The van der Waals surface area contributed by atoms with Crippen LogP contribution in [0.5, 0.6) is 0 Å². The first-order valence-corrected chi connectivity index (χ1v) is 8.46. The Labute approximate surface area is 145 Å². The maximum Gasteiger partial charge on any atom is 0.410 e. The van der Waals surface area contributed by atoms with Gasteiger partial charge in [-0.25, -0.2) is 9.59 Å². The molecule has 1 fully saturated rings. The van der Waals surface area contributed by atoms with E-state index in [2.05, 4.69) is 11.9 Å². The van der Waals surface area contributed by atoms with Crippen molar-refractivity contribution in [1.29, 1.82) is 0 Å². The van der Waals surface area contributed by atoms with E-state index >= 15 is 0 Å². The van der Waals surface area contributed by atoms with E-state index in [-0.39, 0.29) is 6.09 Å². The third-order valence-corrected chi connectivity index (χ3v) is 3.67. The quantitative estimate of drug-likeness (QED) is 0.792. The topological polar surface area (TPSA) is 67.9 Å². The van der Waals surface area contributed by atoms with Crippen molar-refractivity contribution in [3.05, 3.63) is 12.7 Å². The molecule has 6 heteroatoms. The van der Waals surface area contributed by atoms with Gasteiger partial charge in [0.2, 0.25) is 0 Å². The molecule has 0 spiro atoms. The fourth-order valence-corrected chi connectivity index (χ4v) is 2.62. The van der Waals surface area contributed by atoms with E-state index in [0.29, 0.717) is 32.4 Å². The molecule has 0 aromatic rings. The highest BCUT2D eigenvalue weighted by Crippen LogP contribution is 2.28. The second kappa shape index (κ2) is 7.45. The number of amides is 2. The number of ether oxygens (including phenoxy) is 2. The van der Waals surface area contributed by atoms with Crippen LogP contribution in [0.15, 0.2) is 12.7 Å². The van der Waals surface area contributed by atoms with Gasteiger partial charge >= 0.3 is 12.2 Å². The average molecular weight is 340 g/mol. The minimum Gasteiger partial charge on any atom is -0.444 e. The summed E-state index contributed by atoms with van der Waals surface area (Å²) in [6.45, 7) is 15.9. The van der Waals surface area contributed by atoms with Crippen LogP contribution in [0.4, 0.5) is 9.59 Å². The van der Waals surface area contributed by atoms with Crippen molar-refractivity contribution < 1.29 is 19.1 Å². The Morgan fingerprint density at radius 2 is 1.58 bits per heavy atom. The Kier molecular flexibility index (Phi) is 6.31. The van der Waals surface area contributed by atoms with Gasteiger partial charge in [-0.2, -0.15) is 0 Å². The molecule has 0 unspecified atom stereocenters. The molecule has 1 heterocycles. The van der Waals surface area contributed by atoms with Crippen molar-refractivity contribution in [1.82, 2.24) is 10.2 Å². The van der Waals surface area contributed by atoms with E-state index in [1.54, 1.807) is 11.0 Å². The summed E-state index contributed by atoms with van der Waals surface area (Å²) in [5.74, 6) is 0. The van der Waals surface area contributed by atoms with Crippen LogP contribution in [0.25, 0.3) is 0 Å². The number of likely N-dealkylation sites (tertiary alicyclic amines) is 1. The molecule has 138 valence electrons. The minimum absolute atomic E-state index is 0.313. The normalized spacial score (nSPS) is 17.8. The molecule has 1 saturated heterocycles. The van der Waals surface area contributed by atoms with E-state index in [0.717, 1.165) is 0 Å². The third kappa shape index (κ3) is 6.81. The molecule has 0 aromatic carbocycles. The Hall–Kier alpha value is -1.72. The Balaban J connectivity index is 2.68. The van der Waals surface area contributed by atoms with Crippen molar-refractivity contribution in [3.8, 4) is 0 Å². The van der Waals surface area contributed by atoms with Gasteiger partial charge in [-0.1, -0.05) is 6.08 Å². The van der Waals surface area contributed by atoms with Gasteiger partial charge in [0.1, 0.15) is 11.2 Å². The number of rotatable bonds is 3. The molecule has 1 rings (SSSR count). The molecule has 24 heavy (non-hydrogen) atoms. The number of hydrogen-bond donors (Lipinski definition) is 1. The lowest BCUT2D eigenvalue weighted by Gasteiger charge is -2.42. The molecule has 1 aliphatic heterocycles. The molecule has 0 radical (unpaired) electrons. The number of hydrogen-bond acceptors (Lipinski definition) is 4. The number of alkyl carbamates (subject to hydrolysis) is 1. The zero-order valence-corrected chi connectivity index (χ0v) is 15.9. The van der Waals surface area contributed by atoms with Crippen LogP contribution < -0.4 is 5.32 Å². The van der Waals surface area contributed by atoms with Gasteiger partial charge in [0.15, 0.2) is 0 Å². The second-order valence-electron chi connectivity index (χ2n) is 8.37. The van der Waals surface area contributed by atoms with E-state index in [1.807, 2.05) is 41.5 Å². The minimum atomic E-state index is -0.545. The van der Waals surface area contributed by atoms with E-state index in [1.165, 1.54) is 0 Å². The molecule has 1 N–H and O–H groups in total. The van der Waals surface area contributed by atoms with Crippen molar-refractivity contribution in [2.24, 2.45) is 0 Å². The summed E-state index contributed by atoms with van der Waals surface area (Å²) in [6.07, 6.45) is 2.95. The van der Waals surface area contributed by atoms with Crippen molar-refractivity contribution >= 4 is 12.2 Å². The smallest absolute Gasteiger partial charge is 0.410 e. The van der Waals surface area contributed by atoms with Gasteiger partial charge in [-0.3, -0.25) is 0 Å². The largest absolute Gasteiger partial charge is 0.444 e. The predicted molar refractivity (Wildman–Crippen MR) is 94.0 cm³/mol. The number of piperidine rings is 1. The molecule has 0 aliphatic carbocycles. The number of nitrogens with one attached hydrogen (secondary N) is 1. The molecule has 2 amide bonds. The SMILES string of the molecule is C=CCC1(NC(=O)OC(C)(C)C)CCN(C(=O)OC(C)(C)C)CC1. The summed E-state index contributed by atoms with van der Waals surface area (Å²) >= 11 is 0. The average Bonchev–Trinajstić information content (AvgIpc) is 2.35. The number of carbonyl (C=O) groups excluding carboxylic acids is 2. The predicted octanol–water partition coefficient (Wildman–Crippen LogP) is 3.86. The molecule has 6 nitrogen and oxygen atoms in total. The van der Waals surface area contributed by atoms with Gasteiger partial charge in [0.25, 0.3) is 0 Å². The molecular formula is C18H32N2O4. The lowest BCUT2D eigenvalue weighted by molar-refractivity contribution is 0.0122. The molecule has 1 aliphatic rings. The summed E-state index contributed by atoms with van der Waals surface area (Å²) in [6, 6.07) is 0. The summed E-state index contributed by atoms with van der Waals surface area (Å²) in [5.41, 5.74) is -1.49. The Morgan fingerprint density at radius 1 is 1.08 bits per heavy atom. The number of carbonyl (C=O) groups is 2. The van der Waals surface area contributed by atoms with Crippen LogP contribution in [-0.4, -0.2) is 46.9 Å². The Morgan fingerprint density at radius 3 is 2.00 bits per heavy atom. The van der Waals surface area contributed by atoms with Gasteiger partial charge in [-0.15, -0.1) is 6.58 Å². The summed E-state index contributed by atoms with van der Waals surface area (Å²) in [4.78, 5) is 26.0. The highest BCUT2D eigenvalue weighted by Gasteiger charge is 2.38. The van der Waals surface area contributed by atoms with Crippen LogP contribution in [-0.2, 0) is 9.47 Å². The first kappa shape index (κ1) is 20.3. The fourth-order valence-electron chi connectivity index (χ4n) is 2.62. The van der Waals surface area contributed by atoms with Crippen LogP contribution in [0.1, 0.15) is 60.8 Å². The maximum absolute atomic E-state index is 12.2. The zero-order valence-electron chi connectivity index (χ0n) is 15.9. The van der Waals surface area contributed by atoms with Crippen LogP contribution in [0, 0.1) is 0 Å². The zero-order chi connectivity index (χ0) is 18.6. The van der Waals surface area contributed by atoms with E-state index in [9.17, 15) is 9.59 Å². The molecule has 0 aromatic heterocycles. The van der Waals surface area contributed by atoms with Gasteiger partial charge in [0, 0.05) is 13.1 Å². The van der Waals surface area contributed by atoms with Crippen molar-refractivity contribution in [2.75, 3.05) is 13.1 Å². The van der Waals surface area contributed by atoms with Crippen molar-refractivity contribution in [3.63, 3.8) is 0 Å². The fraction of sp³-hybridized carbons (Fsp3) is 0.778. The third-order valence-electron chi connectivity index (χ3n) is 3.67. The molecular weight excluding hydrogens is 308 g/mol. The van der Waals surface area contributed by atoms with E-state index < -0.39 is 22.8 Å². The van der Waals surface area contributed by atoms with Gasteiger partial charge < -0.3 is 19.7 Å². The first-order chi connectivity index (χ1) is 10.9. The summed E-state index contributed by atoms with van der Waals surface area (Å²) < 4.78 is 10.8. The maximum atomic E-state index is 12.2. The first-order valence-electron chi connectivity index (χ1n) is 8.46. The van der Waals surface area contributed by atoms with Crippen LogP contribution in [0.2, 0.25) is 0 Å². The molecule has 0 bridgehead atoms. The van der Waals surface area contributed by atoms with Crippen LogP contribution in [0.3, 0.4) is 0 Å². The monoisotopic (exact) mass is 340 g/mol. The second-order valence-corrected chi connectivity index (χ2v) is 8.37.